The van der Waals surface area contributed by atoms with Gasteiger partial charge in [0.15, 0.2) is 0 Å². The minimum absolute atomic E-state index is 0.0985. The van der Waals surface area contributed by atoms with Gasteiger partial charge in [0.1, 0.15) is 5.82 Å². The lowest BCUT2D eigenvalue weighted by Crippen LogP contribution is -2.31. The van der Waals surface area contributed by atoms with Gasteiger partial charge in [-0.25, -0.2) is 4.72 Å². The molecule has 2 rings (SSSR count). The standard InChI is InChI=1S/C15H18F3N5O3S/c1-10(9-24)19-13-20-12(8-7-11-5-3-2-4-6-11)21-14(22-13)23-27(25,26)15(16,17)18/h2-6,10,24H,7-9H2,1H3,(H2,19,20,21,22,23)/t10-/m1/s1. The third-order valence-corrected chi connectivity index (χ3v) is 4.40. The molecule has 0 amide bonds. The molecule has 0 unspecified atom stereocenters. The summed E-state index contributed by atoms with van der Waals surface area (Å²) in [7, 11) is -5.67. The molecule has 0 bridgehead atoms. The van der Waals surface area contributed by atoms with E-state index < -0.39 is 27.5 Å². The summed E-state index contributed by atoms with van der Waals surface area (Å²) >= 11 is 0. The number of aryl methyl sites for hydroxylation is 2. The van der Waals surface area contributed by atoms with Gasteiger partial charge in [0.2, 0.25) is 11.9 Å². The molecule has 0 aliphatic carbocycles. The summed E-state index contributed by atoms with van der Waals surface area (Å²) in [6.07, 6.45) is 0.737. The Morgan fingerprint density at radius 3 is 2.30 bits per heavy atom. The predicted molar refractivity (Wildman–Crippen MR) is 92.4 cm³/mol. The summed E-state index contributed by atoms with van der Waals surface area (Å²) in [4.78, 5) is 11.5. The van der Waals surface area contributed by atoms with Crippen molar-refractivity contribution >= 4 is 21.9 Å². The molecule has 0 radical (unpaired) electrons. The fourth-order valence-electron chi connectivity index (χ4n) is 1.99. The number of aliphatic hydroxyl groups is 1. The number of nitrogens with zero attached hydrogens (tertiary/aromatic N) is 3. The average Bonchev–Trinajstić information content (AvgIpc) is 2.59. The van der Waals surface area contributed by atoms with E-state index in [0.29, 0.717) is 6.42 Å². The number of hydrogen-bond acceptors (Lipinski definition) is 7. The van der Waals surface area contributed by atoms with Crippen LogP contribution in [-0.2, 0) is 22.9 Å². The van der Waals surface area contributed by atoms with E-state index in [-0.39, 0.29) is 24.8 Å². The Morgan fingerprint density at radius 2 is 1.70 bits per heavy atom. The predicted octanol–water partition coefficient (Wildman–Crippen LogP) is 1.71. The van der Waals surface area contributed by atoms with E-state index in [1.165, 1.54) is 4.72 Å². The summed E-state index contributed by atoms with van der Waals surface area (Å²) in [5.41, 5.74) is -4.55. The van der Waals surface area contributed by atoms with Crippen LogP contribution in [0.4, 0.5) is 25.1 Å². The Balaban J connectivity index is 2.28. The molecule has 1 heterocycles. The normalized spacial score (nSPS) is 13.2. The van der Waals surface area contributed by atoms with Gasteiger partial charge in [-0.1, -0.05) is 30.3 Å². The number of aromatic nitrogens is 3. The Labute approximate surface area is 153 Å². The van der Waals surface area contributed by atoms with Crippen LogP contribution in [0, 0.1) is 0 Å². The number of alkyl halides is 3. The molecule has 1 aromatic carbocycles. The molecule has 148 valence electrons. The molecule has 3 N–H and O–H groups in total. The van der Waals surface area contributed by atoms with Crippen molar-refractivity contribution in [3.63, 3.8) is 0 Å². The third-order valence-electron chi connectivity index (χ3n) is 3.34. The van der Waals surface area contributed by atoms with Crippen LogP contribution in [-0.4, -0.2) is 46.6 Å². The lowest BCUT2D eigenvalue weighted by atomic mass is 10.1. The van der Waals surface area contributed by atoms with Gasteiger partial charge >= 0.3 is 15.5 Å². The molecule has 12 heteroatoms. The number of hydrogen-bond donors (Lipinski definition) is 3. The Bertz CT molecular complexity index is 863. The van der Waals surface area contributed by atoms with Crippen molar-refractivity contribution in [1.29, 1.82) is 0 Å². The Hall–Kier alpha value is -2.47. The van der Waals surface area contributed by atoms with Gasteiger partial charge in [-0.15, -0.1) is 0 Å². The van der Waals surface area contributed by atoms with Crippen molar-refractivity contribution in [2.45, 2.75) is 31.3 Å². The largest absolute Gasteiger partial charge is 0.516 e. The quantitative estimate of drug-likeness (QED) is 0.612. The van der Waals surface area contributed by atoms with Crippen LogP contribution >= 0.6 is 0 Å². The van der Waals surface area contributed by atoms with E-state index in [2.05, 4.69) is 20.3 Å². The average molecular weight is 405 g/mol. The molecule has 1 atom stereocenters. The van der Waals surface area contributed by atoms with Crippen molar-refractivity contribution in [3.05, 3.63) is 41.7 Å². The molecule has 0 aliphatic rings. The van der Waals surface area contributed by atoms with Crippen LogP contribution in [0.15, 0.2) is 30.3 Å². The van der Waals surface area contributed by atoms with Crippen LogP contribution in [0.5, 0.6) is 0 Å². The monoisotopic (exact) mass is 405 g/mol. The van der Waals surface area contributed by atoms with Crippen LogP contribution in [0.25, 0.3) is 0 Å². The number of benzene rings is 1. The number of aliphatic hydroxyl groups excluding tert-OH is 1. The van der Waals surface area contributed by atoms with E-state index in [1.54, 1.807) is 6.92 Å². The van der Waals surface area contributed by atoms with Gasteiger partial charge in [-0.05, 0) is 18.9 Å². The van der Waals surface area contributed by atoms with Crippen molar-refractivity contribution < 1.29 is 26.7 Å². The number of rotatable bonds is 8. The molecule has 0 aliphatic heterocycles. The van der Waals surface area contributed by atoms with Crippen molar-refractivity contribution in [3.8, 4) is 0 Å². The minimum Gasteiger partial charge on any atom is -0.394 e. The van der Waals surface area contributed by atoms with Crippen molar-refractivity contribution in [1.82, 2.24) is 15.0 Å². The maximum Gasteiger partial charge on any atom is 0.516 e. The van der Waals surface area contributed by atoms with E-state index >= 15 is 0 Å². The van der Waals surface area contributed by atoms with E-state index in [4.69, 9.17) is 5.11 Å². The first kappa shape index (κ1) is 20.8. The van der Waals surface area contributed by atoms with Crippen LogP contribution in [0.1, 0.15) is 18.3 Å². The highest BCUT2D eigenvalue weighted by molar-refractivity contribution is 7.93. The number of anilines is 2. The summed E-state index contributed by atoms with van der Waals surface area (Å²) < 4.78 is 61.7. The lowest BCUT2D eigenvalue weighted by Gasteiger charge is -2.14. The van der Waals surface area contributed by atoms with Crippen molar-refractivity contribution in [2.75, 3.05) is 16.6 Å². The summed E-state index contributed by atoms with van der Waals surface area (Å²) in [5.74, 6) is -0.797. The molecular weight excluding hydrogens is 387 g/mol. The zero-order valence-electron chi connectivity index (χ0n) is 14.2. The lowest BCUT2D eigenvalue weighted by molar-refractivity contribution is -0.0429. The molecule has 0 saturated heterocycles. The number of nitrogens with one attached hydrogen (secondary N) is 2. The minimum atomic E-state index is -5.67. The molecule has 27 heavy (non-hydrogen) atoms. The molecule has 0 saturated carbocycles. The van der Waals surface area contributed by atoms with Gasteiger partial charge in [0, 0.05) is 12.5 Å². The summed E-state index contributed by atoms with van der Waals surface area (Å²) in [6, 6.07) is 8.74. The Kier molecular flexibility index (Phi) is 6.54. The van der Waals surface area contributed by atoms with Gasteiger partial charge in [-0.2, -0.15) is 36.5 Å². The molecule has 0 fully saturated rings. The highest BCUT2D eigenvalue weighted by Gasteiger charge is 2.46. The fraction of sp³-hybridized carbons (Fsp3) is 0.400. The van der Waals surface area contributed by atoms with Gasteiger partial charge in [0.05, 0.1) is 6.61 Å². The second kappa shape index (κ2) is 8.48. The second-order valence-corrected chi connectivity index (χ2v) is 7.34. The first-order valence-electron chi connectivity index (χ1n) is 7.86. The molecule has 0 spiro atoms. The van der Waals surface area contributed by atoms with E-state index in [9.17, 15) is 21.6 Å². The van der Waals surface area contributed by atoms with E-state index in [0.717, 1.165) is 5.56 Å². The van der Waals surface area contributed by atoms with Crippen LogP contribution in [0.3, 0.4) is 0 Å². The number of halogens is 3. The van der Waals surface area contributed by atoms with Gasteiger partial charge < -0.3 is 10.4 Å². The summed E-state index contributed by atoms with van der Waals surface area (Å²) in [6.45, 7) is 1.31. The Morgan fingerprint density at radius 1 is 1.07 bits per heavy atom. The first-order chi connectivity index (χ1) is 12.6. The highest BCUT2D eigenvalue weighted by atomic mass is 32.2. The summed E-state index contributed by atoms with van der Waals surface area (Å²) in [5, 5.41) is 11.8. The van der Waals surface area contributed by atoms with E-state index in [1.807, 2.05) is 30.3 Å². The molecule has 2 aromatic rings. The second-order valence-electron chi connectivity index (χ2n) is 5.66. The topological polar surface area (TPSA) is 117 Å². The SMILES string of the molecule is C[C@H](CO)Nc1nc(CCc2ccccc2)nc(NS(=O)(=O)C(F)(F)F)n1. The zero-order valence-corrected chi connectivity index (χ0v) is 15.0. The van der Waals surface area contributed by atoms with Gasteiger partial charge in [0.25, 0.3) is 0 Å². The maximum absolute atomic E-state index is 12.6. The van der Waals surface area contributed by atoms with Crippen LogP contribution in [0.2, 0.25) is 0 Å². The maximum atomic E-state index is 12.6. The van der Waals surface area contributed by atoms with Crippen molar-refractivity contribution in [2.24, 2.45) is 0 Å². The zero-order chi connectivity index (χ0) is 20.1. The fourth-order valence-corrected chi connectivity index (χ4v) is 2.43. The first-order valence-corrected chi connectivity index (χ1v) is 9.34. The highest BCUT2D eigenvalue weighted by Crippen LogP contribution is 2.24. The molecule has 8 nitrogen and oxygen atoms in total. The van der Waals surface area contributed by atoms with Gasteiger partial charge in [-0.3, -0.25) is 0 Å². The van der Waals surface area contributed by atoms with Crippen LogP contribution < -0.4 is 10.0 Å². The number of sulfonamides is 1. The molecular formula is C15H18F3N5O3S. The smallest absolute Gasteiger partial charge is 0.394 e. The molecule has 1 aromatic heterocycles. The third kappa shape index (κ3) is 6.03.